The Kier molecular flexibility index (Phi) is 3.36. The molecule has 0 amide bonds. The highest BCUT2D eigenvalue weighted by atomic mass is 15.1. The Morgan fingerprint density at radius 2 is 2.00 bits per heavy atom. The van der Waals surface area contributed by atoms with Crippen molar-refractivity contribution < 1.29 is 0 Å². The van der Waals surface area contributed by atoms with Crippen molar-refractivity contribution in [3.05, 3.63) is 11.6 Å². The largest absolute Gasteiger partial charge is 0.368 e. The SMILES string of the molecule is CCc1nc(N)nc(C2CCC(CC)C2)n1. The molecule has 0 spiro atoms. The summed E-state index contributed by atoms with van der Waals surface area (Å²) < 4.78 is 0. The highest BCUT2D eigenvalue weighted by molar-refractivity contribution is 5.18. The molecule has 1 aromatic heterocycles. The van der Waals surface area contributed by atoms with E-state index in [4.69, 9.17) is 5.73 Å². The van der Waals surface area contributed by atoms with Crippen molar-refractivity contribution in [2.75, 3.05) is 5.73 Å². The third-order valence-electron chi connectivity index (χ3n) is 3.52. The van der Waals surface area contributed by atoms with Crippen molar-refractivity contribution in [1.29, 1.82) is 0 Å². The molecule has 2 N–H and O–H groups in total. The summed E-state index contributed by atoms with van der Waals surface area (Å²) in [6.07, 6.45) is 5.80. The smallest absolute Gasteiger partial charge is 0.223 e. The van der Waals surface area contributed by atoms with E-state index in [1.54, 1.807) is 0 Å². The first-order chi connectivity index (χ1) is 7.72. The molecular weight excluding hydrogens is 200 g/mol. The maximum absolute atomic E-state index is 5.71. The van der Waals surface area contributed by atoms with Crippen LogP contribution in [0.15, 0.2) is 0 Å². The van der Waals surface area contributed by atoms with E-state index in [0.29, 0.717) is 11.9 Å². The summed E-state index contributed by atoms with van der Waals surface area (Å²) in [6, 6.07) is 0. The minimum absolute atomic E-state index is 0.377. The van der Waals surface area contributed by atoms with Gasteiger partial charge in [-0.3, -0.25) is 0 Å². The predicted octanol–water partition coefficient (Wildman–Crippen LogP) is 2.31. The Balaban J connectivity index is 2.17. The number of nitrogens with zero attached hydrogens (tertiary/aromatic N) is 3. The third kappa shape index (κ3) is 2.31. The molecule has 1 heterocycles. The number of aryl methyl sites for hydroxylation is 1. The monoisotopic (exact) mass is 220 g/mol. The van der Waals surface area contributed by atoms with Crippen LogP contribution in [0.3, 0.4) is 0 Å². The second kappa shape index (κ2) is 4.76. The summed E-state index contributed by atoms with van der Waals surface area (Å²) in [5, 5.41) is 0. The second-order valence-corrected chi connectivity index (χ2v) is 4.61. The van der Waals surface area contributed by atoms with Crippen LogP contribution >= 0.6 is 0 Å². The van der Waals surface area contributed by atoms with Crippen LogP contribution in [-0.4, -0.2) is 15.0 Å². The number of hydrogen-bond acceptors (Lipinski definition) is 4. The lowest BCUT2D eigenvalue weighted by Gasteiger charge is -2.10. The van der Waals surface area contributed by atoms with Crippen LogP contribution in [0.25, 0.3) is 0 Å². The van der Waals surface area contributed by atoms with Gasteiger partial charge in [0.2, 0.25) is 5.95 Å². The average Bonchev–Trinajstić information content (AvgIpc) is 2.76. The number of rotatable bonds is 3. The number of hydrogen-bond donors (Lipinski definition) is 1. The summed E-state index contributed by atoms with van der Waals surface area (Å²) in [7, 11) is 0. The van der Waals surface area contributed by atoms with Gasteiger partial charge < -0.3 is 5.73 Å². The molecule has 0 saturated heterocycles. The van der Waals surface area contributed by atoms with Gasteiger partial charge in [-0.15, -0.1) is 0 Å². The Morgan fingerprint density at radius 1 is 1.19 bits per heavy atom. The minimum atomic E-state index is 0.377. The van der Waals surface area contributed by atoms with E-state index in [2.05, 4.69) is 21.9 Å². The molecule has 16 heavy (non-hydrogen) atoms. The minimum Gasteiger partial charge on any atom is -0.368 e. The molecule has 1 saturated carbocycles. The molecular formula is C12H20N4. The normalized spacial score (nSPS) is 24.9. The Hall–Kier alpha value is -1.19. The van der Waals surface area contributed by atoms with Crippen LogP contribution in [0.2, 0.25) is 0 Å². The Bertz CT molecular complexity index is 364. The highest BCUT2D eigenvalue weighted by Crippen LogP contribution is 2.38. The number of anilines is 1. The number of nitrogens with two attached hydrogens (primary N) is 1. The zero-order valence-electron chi connectivity index (χ0n) is 10.1. The van der Waals surface area contributed by atoms with Crippen LogP contribution in [0, 0.1) is 5.92 Å². The molecule has 0 radical (unpaired) electrons. The first kappa shape index (κ1) is 11.3. The van der Waals surface area contributed by atoms with Gasteiger partial charge in [0.25, 0.3) is 0 Å². The topological polar surface area (TPSA) is 64.7 Å². The van der Waals surface area contributed by atoms with E-state index in [1.165, 1.54) is 25.7 Å². The maximum Gasteiger partial charge on any atom is 0.223 e. The van der Waals surface area contributed by atoms with Crippen molar-refractivity contribution in [1.82, 2.24) is 15.0 Å². The standard InChI is InChI=1S/C12H20N4/c1-3-8-5-6-9(7-8)11-14-10(4-2)15-12(13)16-11/h8-9H,3-7H2,1-2H3,(H2,13,14,15,16). The van der Waals surface area contributed by atoms with Gasteiger partial charge in [0.15, 0.2) is 0 Å². The molecule has 1 fully saturated rings. The van der Waals surface area contributed by atoms with Gasteiger partial charge in [-0.05, 0) is 25.2 Å². The summed E-state index contributed by atoms with van der Waals surface area (Å²) in [5.74, 6) is 3.46. The lowest BCUT2D eigenvalue weighted by Crippen LogP contribution is -2.09. The number of nitrogen functional groups attached to an aromatic ring is 1. The van der Waals surface area contributed by atoms with Crippen molar-refractivity contribution >= 4 is 5.95 Å². The van der Waals surface area contributed by atoms with E-state index < -0.39 is 0 Å². The molecule has 2 atom stereocenters. The molecule has 4 nitrogen and oxygen atoms in total. The van der Waals surface area contributed by atoms with Crippen LogP contribution in [-0.2, 0) is 6.42 Å². The van der Waals surface area contributed by atoms with Crippen LogP contribution < -0.4 is 5.73 Å². The second-order valence-electron chi connectivity index (χ2n) is 4.61. The quantitative estimate of drug-likeness (QED) is 0.849. The van der Waals surface area contributed by atoms with Crippen molar-refractivity contribution in [2.24, 2.45) is 5.92 Å². The van der Waals surface area contributed by atoms with Crippen LogP contribution in [0.1, 0.15) is 57.1 Å². The first-order valence-electron chi connectivity index (χ1n) is 6.23. The lowest BCUT2D eigenvalue weighted by atomic mass is 10.0. The third-order valence-corrected chi connectivity index (χ3v) is 3.52. The fourth-order valence-corrected chi connectivity index (χ4v) is 2.48. The van der Waals surface area contributed by atoms with Gasteiger partial charge >= 0.3 is 0 Å². The van der Waals surface area contributed by atoms with Gasteiger partial charge in [-0.25, -0.2) is 4.98 Å². The Labute approximate surface area is 96.7 Å². The molecule has 0 bridgehead atoms. The van der Waals surface area contributed by atoms with Crippen molar-refractivity contribution in [3.8, 4) is 0 Å². The molecule has 2 unspecified atom stereocenters. The molecule has 4 heteroatoms. The first-order valence-corrected chi connectivity index (χ1v) is 6.23. The zero-order valence-corrected chi connectivity index (χ0v) is 10.1. The van der Waals surface area contributed by atoms with Gasteiger partial charge in [-0.1, -0.05) is 20.3 Å². The molecule has 0 aromatic carbocycles. The van der Waals surface area contributed by atoms with Gasteiger partial charge in [-0.2, -0.15) is 9.97 Å². The van der Waals surface area contributed by atoms with Crippen molar-refractivity contribution in [3.63, 3.8) is 0 Å². The summed E-state index contributed by atoms with van der Waals surface area (Å²) >= 11 is 0. The maximum atomic E-state index is 5.71. The highest BCUT2D eigenvalue weighted by Gasteiger charge is 2.27. The molecule has 88 valence electrons. The van der Waals surface area contributed by atoms with Crippen molar-refractivity contribution in [2.45, 2.75) is 51.9 Å². The van der Waals surface area contributed by atoms with Crippen LogP contribution in [0.5, 0.6) is 0 Å². The fraction of sp³-hybridized carbons (Fsp3) is 0.750. The number of aromatic nitrogens is 3. The molecule has 0 aliphatic heterocycles. The van der Waals surface area contributed by atoms with Gasteiger partial charge in [0.05, 0.1) is 0 Å². The summed E-state index contributed by atoms with van der Waals surface area (Å²) in [6.45, 7) is 4.30. The van der Waals surface area contributed by atoms with E-state index in [9.17, 15) is 0 Å². The molecule has 1 aromatic rings. The van der Waals surface area contributed by atoms with Crippen LogP contribution in [0.4, 0.5) is 5.95 Å². The summed E-state index contributed by atoms with van der Waals surface area (Å²) in [4.78, 5) is 12.9. The summed E-state index contributed by atoms with van der Waals surface area (Å²) in [5.41, 5.74) is 5.71. The molecule has 2 rings (SSSR count). The predicted molar refractivity (Wildman–Crippen MR) is 64.0 cm³/mol. The van der Waals surface area contributed by atoms with E-state index >= 15 is 0 Å². The molecule has 1 aliphatic carbocycles. The lowest BCUT2D eigenvalue weighted by molar-refractivity contribution is 0.515. The van der Waals surface area contributed by atoms with Gasteiger partial charge in [0.1, 0.15) is 11.6 Å². The van der Waals surface area contributed by atoms with E-state index in [-0.39, 0.29) is 0 Å². The zero-order chi connectivity index (χ0) is 11.5. The van der Waals surface area contributed by atoms with Gasteiger partial charge in [0, 0.05) is 12.3 Å². The average molecular weight is 220 g/mol. The van der Waals surface area contributed by atoms with E-state index in [0.717, 1.165) is 24.0 Å². The molecule has 1 aliphatic rings. The fourth-order valence-electron chi connectivity index (χ4n) is 2.48. The Morgan fingerprint density at radius 3 is 2.62 bits per heavy atom. The van der Waals surface area contributed by atoms with E-state index in [1.807, 2.05) is 6.92 Å².